The van der Waals surface area contributed by atoms with Gasteiger partial charge in [-0.1, -0.05) is 67.2 Å². The molecule has 0 saturated carbocycles. The maximum absolute atomic E-state index is 11.6. The van der Waals surface area contributed by atoms with Gasteiger partial charge in [-0.05, 0) is 120 Å². The van der Waals surface area contributed by atoms with E-state index in [2.05, 4.69) is 38.6 Å². The largest absolute Gasteiger partial charge is 3.00 e. The van der Waals surface area contributed by atoms with Gasteiger partial charge in [-0.2, -0.15) is 0 Å². The summed E-state index contributed by atoms with van der Waals surface area (Å²) in [5.41, 5.74) is 11.9. The maximum atomic E-state index is 11.6. The molecule has 6 heterocycles. The molecule has 8 aromatic rings. The molecule has 9 nitrogen and oxygen atoms in total. The minimum absolute atomic E-state index is 0. The zero-order chi connectivity index (χ0) is 52.2. The van der Waals surface area contributed by atoms with Crippen LogP contribution in [0.3, 0.4) is 0 Å². The Morgan fingerprint density at radius 2 is 0.750 bits per heavy atom. The first kappa shape index (κ1) is 57.6. The van der Waals surface area contributed by atoms with Crippen molar-refractivity contribution in [3.63, 3.8) is 0 Å². The van der Waals surface area contributed by atoms with Gasteiger partial charge in [-0.15, -0.1) is 0 Å². The zero-order valence-corrected chi connectivity index (χ0v) is 40.8. The summed E-state index contributed by atoms with van der Waals surface area (Å²) in [4.78, 5) is 39.0. The quantitative estimate of drug-likeness (QED) is 0.0434. The van der Waals surface area contributed by atoms with Gasteiger partial charge in [0.25, 0.3) is 0 Å². The molecule has 8 rings (SSSR count). The van der Waals surface area contributed by atoms with Crippen molar-refractivity contribution < 1.29 is 84.1 Å². The Bertz CT molecular complexity index is 2920. The van der Waals surface area contributed by atoms with Crippen LogP contribution in [0.5, 0.6) is 5.75 Å². The third-order valence-corrected chi connectivity index (χ3v) is 8.79. The molecule has 0 amide bonds. The predicted molar refractivity (Wildman–Crippen MR) is 251 cm³/mol. The second kappa shape index (κ2) is 21.8. The predicted octanol–water partition coefficient (Wildman–Crippen LogP) is 17.1. The number of hydrogen-bond acceptors (Lipinski definition) is 9. The third kappa shape index (κ3) is 22.4. The Morgan fingerprint density at radius 1 is 0.458 bits per heavy atom. The van der Waals surface area contributed by atoms with Gasteiger partial charge in [0.2, 0.25) is 0 Å². The second-order valence-corrected chi connectivity index (χ2v) is 18.6. The fourth-order valence-electron chi connectivity index (χ4n) is 5.83. The zero-order valence-electron chi connectivity index (χ0n) is 37.3. The molecule has 0 bridgehead atoms. The van der Waals surface area contributed by atoms with Gasteiger partial charge >= 0.3 is 91.4 Å². The Hall–Kier alpha value is -7.01. The van der Waals surface area contributed by atoms with Gasteiger partial charge < -0.3 is 9.47 Å². The Labute approximate surface area is 416 Å². The van der Waals surface area contributed by atoms with Gasteiger partial charge in [-0.3, -0.25) is 19.9 Å². The first-order valence-corrected chi connectivity index (χ1v) is 24.3. The molecule has 24 heteroatoms. The van der Waals surface area contributed by atoms with Crippen LogP contribution in [0.1, 0.15) is 12.5 Å². The normalized spacial score (nSPS) is 12.8. The van der Waals surface area contributed by atoms with Crippen LogP contribution in [0.25, 0.3) is 67.8 Å². The van der Waals surface area contributed by atoms with E-state index in [4.69, 9.17) is 19.4 Å². The number of carbonyl (C=O) groups is 1. The molecule has 0 aliphatic heterocycles. The van der Waals surface area contributed by atoms with Crippen LogP contribution in [0.15, 0.2) is 183 Å². The summed E-state index contributed by atoms with van der Waals surface area (Å²) in [6.45, 7) is 5.44. The van der Waals surface area contributed by atoms with E-state index < -0.39 is 21.6 Å². The molecule has 0 aliphatic rings. The summed E-state index contributed by atoms with van der Waals surface area (Å²) >= 11 is 0. The fourth-order valence-corrected chi connectivity index (χ4v) is 5.83. The van der Waals surface area contributed by atoms with Crippen LogP contribution in [0.4, 0.5) is 50.4 Å². The minimum atomic E-state index is -10.7. The number of benzene rings is 2. The van der Waals surface area contributed by atoms with Crippen molar-refractivity contribution in [2.45, 2.75) is 13.5 Å². The molecule has 0 atom stereocenters. The molecule has 2 aromatic carbocycles. The fraction of sp³-hybridized carbons (Fsp3) is 0.0625. The number of pyridine rings is 6. The van der Waals surface area contributed by atoms with Gasteiger partial charge in [-0.25, -0.2) is 14.8 Å². The summed E-state index contributed by atoms with van der Waals surface area (Å²) < 4.78 is 129. The number of rotatable bonds is 10. The molecule has 0 spiro atoms. The summed E-state index contributed by atoms with van der Waals surface area (Å²) in [6.07, 6.45) is 7.06. The van der Waals surface area contributed by atoms with E-state index in [0.29, 0.717) is 5.57 Å². The molecular formula is C48H38F12N6O3P2Ru+. The molecule has 0 aliphatic carbocycles. The van der Waals surface area contributed by atoms with E-state index in [0.717, 1.165) is 79.1 Å². The number of nitrogens with zero attached hydrogens (tertiary/aromatic N) is 6. The van der Waals surface area contributed by atoms with Gasteiger partial charge in [0, 0.05) is 30.4 Å². The van der Waals surface area contributed by atoms with E-state index in [9.17, 15) is 55.2 Å². The molecule has 72 heavy (non-hydrogen) atoms. The average Bonchev–Trinajstić information content (AvgIpc) is 3.32. The summed E-state index contributed by atoms with van der Waals surface area (Å²) in [6, 6.07) is 47.2. The van der Waals surface area contributed by atoms with Crippen molar-refractivity contribution in [1.29, 1.82) is 0 Å². The number of ether oxygens (including phenoxy) is 2. The molecule has 379 valence electrons. The Balaban J connectivity index is 0.000000247. The van der Waals surface area contributed by atoms with Crippen LogP contribution < -0.4 is 4.74 Å². The molecular weight excluding hydrogens is 1100 g/mol. The first-order chi connectivity index (χ1) is 32.8. The van der Waals surface area contributed by atoms with Crippen molar-refractivity contribution in [2.24, 2.45) is 0 Å². The van der Waals surface area contributed by atoms with E-state index >= 15 is 0 Å². The molecule has 0 fully saturated rings. The van der Waals surface area contributed by atoms with Crippen LogP contribution in [0, 0.1) is 0 Å². The topological polar surface area (TPSA) is 113 Å². The second-order valence-electron chi connectivity index (χ2n) is 14.8. The minimum Gasteiger partial charge on any atom is 3.00 e. The standard InChI is InChI=1S/C26H21N3O2.C22H17N3O.2F6P.Ru/c1-18(2)26(30)31-17-19-9-11-20(12-10-19)21-15-24(22-7-3-5-13-27-22)29-25(16-21)23-8-4-6-14-28-23;1-26-18-10-8-16(9-11-18)17-14-21(19-6-2-4-12-23-19)25-22(15-17)20-7-3-5-13-24-20;2*1-7(2,3,4,5)6;/h3-16H,1,17H2,2H3;2-15H,1H3;;;/q;;2*-1;+3. The maximum Gasteiger partial charge on any atom is 3.00 e. The van der Waals surface area contributed by atoms with Gasteiger partial charge in [0.15, 0.2) is 0 Å². The summed E-state index contributed by atoms with van der Waals surface area (Å²) in [5, 5.41) is 0. The van der Waals surface area contributed by atoms with Crippen LogP contribution in [-0.2, 0) is 35.6 Å². The number of hydrogen-bond donors (Lipinski definition) is 0. The van der Waals surface area contributed by atoms with Crippen LogP contribution in [0.2, 0.25) is 0 Å². The SMILES string of the molecule is C=C(C)C(=O)OCc1ccc(-c2cc(-c3ccccn3)nc(-c3ccccn3)c2)cc1.COc1ccc(-c2cc(-c3ccccn3)nc(-c3ccccn3)c2)cc1.F[P-](F)(F)(F)(F)F.F[P-](F)(F)(F)(F)F.[Ru+3]. The van der Waals surface area contributed by atoms with Crippen molar-refractivity contribution >= 4 is 21.6 Å². The Morgan fingerprint density at radius 3 is 1.00 bits per heavy atom. The molecule has 6 aromatic heterocycles. The number of methoxy groups -OCH3 is 1. The summed E-state index contributed by atoms with van der Waals surface area (Å²) in [7, 11) is -19.6. The van der Waals surface area contributed by atoms with E-state index in [-0.39, 0.29) is 26.1 Å². The smallest absolute Gasteiger partial charge is 3.00 e. The first-order valence-electron chi connectivity index (χ1n) is 20.2. The number of carbonyl (C=O) groups excluding carboxylic acids is 1. The molecule has 0 N–H and O–H groups in total. The monoisotopic (exact) mass is 1140 g/mol. The Kier molecular flexibility index (Phi) is 17.4. The van der Waals surface area contributed by atoms with E-state index in [1.807, 2.05) is 133 Å². The van der Waals surface area contributed by atoms with Crippen molar-refractivity contribution in [1.82, 2.24) is 29.9 Å². The number of halogens is 12. The molecule has 0 unspecified atom stereocenters. The van der Waals surface area contributed by atoms with Gasteiger partial charge in [0.05, 0.1) is 52.7 Å². The van der Waals surface area contributed by atoms with Crippen molar-refractivity contribution in [2.75, 3.05) is 7.11 Å². The van der Waals surface area contributed by atoms with Crippen molar-refractivity contribution in [3.05, 3.63) is 188 Å². The molecule has 1 radical (unpaired) electrons. The average molecular weight is 1140 g/mol. The van der Waals surface area contributed by atoms with Crippen molar-refractivity contribution in [3.8, 4) is 73.6 Å². The van der Waals surface area contributed by atoms with Crippen LogP contribution >= 0.6 is 15.6 Å². The van der Waals surface area contributed by atoms with Gasteiger partial charge in [0.1, 0.15) is 12.4 Å². The third-order valence-electron chi connectivity index (χ3n) is 8.79. The number of esters is 1. The number of aromatic nitrogens is 6. The van der Waals surface area contributed by atoms with E-state index in [1.165, 1.54) is 0 Å². The molecule has 0 saturated heterocycles. The summed E-state index contributed by atoms with van der Waals surface area (Å²) in [5.74, 6) is 0.441. The van der Waals surface area contributed by atoms with Crippen LogP contribution in [-0.4, -0.2) is 43.0 Å². The van der Waals surface area contributed by atoms with E-state index in [1.54, 1.807) is 38.8 Å².